The second kappa shape index (κ2) is 4.57. The van der Waals surface area contributed by atoms with Gasteiger partial charge in [-0.05, 0) is 17.5 Å². The van der Waals surface area contributed by atoms with E-state index in [0.717, 1.165) is 11.3 Å². The van der Waals surface area contributed by atoms with E-state index in [1.54, 1.807) is 12.4 Å². The molecular formula is C9H15N5. The molecule has 1 rings (SSSR count). The minimum Gasteiger partial charge on any atom is -0.322 e. The van der Waals surface area contributed by atoms with Crippen molar-refractivity contribution < 1.29 is 0 Å². The Kier molecular flexibility index (Phi) is 3.41. The number of pyridine rings is 1. The van der Waals surface area contributed by atoms with E-state index in [4.69, 9.17) is 11.7 Å². The van der Waals surface area contributed by atoms with Gasteiger partial charge >= 0.3 is 0 Å². The topological polar surface area (TPSA) is 80.5 Å². The lowest BCUT2D eigenvalue weighted by atomic mass is 10.0. The van der Waals surface area contributed by atoms with E-state index in [2.05, 4.69) is 23.9 Å². The van der Waals surface area contributed by atoms with Gasteiger partial charge in [0.1, 0.15) is 6.34 Å². The summed E-state index contributed by atoms with van der Waals surface area (Å²) in [6.07, 6.45) is 4.78. The summed E-state index contributed by atoms with van der Waals surface area (Å²) in [6.45, 7) is 4.18. The van der Waals surface area contributed by atoms with Crippen LogP contribution in [-0.4, -0.2) is 11.3 Å². The van der Waals surface area contributed by atoms with Crippen molar-refractivity contribution in [3.63, 3.8) is 0 Å². The summed E-state index contributed by atoms with van der Waals surface area (Å²) in [4.78, 5) is 4.01. The van der Waals surface area contributed by atoms with Crippen molar-refractivity contribution >= 4 is 12.0 Å². The molecule has 5 nitrogen and oxygen atoms in total. The van der Waals surface area contributed by atoms with Crippen LogP contribution < -0.4 is 16.7 Å². The molecule has 0 amide bonds. The summed E-state index contributed by atoms with van der Waals surface area (Å²) in [6, 6.07) is 1.93. The number of nitrogens with zero attached hydrogens (tertiary/aromatic N) is 3. The molecule has 0 fully saturated rings. The molecule has 0 unspecified atom stereocenters. The quantitative estimate of drug-likeness (QED) is 0.322. The van der Waals surface area contributed by atoms with Crippen LogP contribution in [0.25, 0.3) is 0 Å². The Balaban J connectivity index is 3.06. The van der Waals surface area contributed by atoms with E-state index < -0.39 is 0 Å². The average Bonchev–Trinajstić information content (AvgIpc) is 2.18. The summed E-state index contributed by atoms with van der Waals surface area (Å²) in [7, 11) is 0. The van der Waals surface area contributed by atoms with Crippen LogP contribution >= 0.6 is 0 Å². The van der Waals surface area contributed by atoms with Gasteiger partial charge in [0, 0.05) is 6.20 Å². The van der Waals surface area contributed by atoms with Gasteiger partial charge in [0.25, 0.3) is 0 Å². The highest BCUT2D eigenvalue weighted by atomic mass is 15.4. The Hall–Kier alpha value is -1.62. The molecule has 14 heavy (non-hydrogen) atoms. The van der Waals surface area contributed by atoms with Gasteiger partial charge < -0.3 is 5.84 Å². The Morgan fingerprint density at radius 1 is 1.57 bits per heavy atom. The first-order valence-electron chi connectivity index (χ1n) is 4.38. The third-order valence-corrected chi connectivity index (χ3v) is 1.92. The van der Waals surface area contributed by atoms with Crippen LogP contribution in [0, 0.1) is 0 Å². The lowest BCUT2D eigenvalue weighted by Crippen LogP contribution is -2.30. The molecule has 1 heterocycles. The molecule has 0 saturated heterocycles. The second-order valence-corrected chi connectivity index (χ2v) is 3.26. The van der Waals surface area contributed by atoms with Crippen LogP contribution in [0.4, 0.5) is 5.69 Å². The molecule has 4 N–H and O–H groups in total. The monoisotopic (exact) mass is 193 g/mol. The molecule has 0 spiro atoms. The SMILES string of the molecule is CC(C)c1ccncc1N(N)/C=N\N. The van der Waals surface area contributed by atoms with Crippen LogP contribution in [0.1, 0.15) is 25.3 Å². The van der Waals surface area contributed by atoms with E-state index in [1.807, 2.05) is 6.07 Å². The number of rotatable bonds is 3. The second-order valence-electron chi connectivity index (χ2n) is 3.26. The lowest BCUT2D eigenvalue weighted by Gasteiger charge is -2.17. The highest BCUT2D eigenvalue weighted by molar-refractivity contribution is 5.78. The number of hydrogen-bond acceptors (Lipinski definition) is 4. The zero-order chi connectivity index (χ0) is 10.6. The zero-order valence-corrected chi connectivity index (χ0v) is 8.38. The number of anilines is 1. The van der Waals surface area contributed by atoms with Crippen molar-refractivity contribution in [2.24, 2.45) is 16.8 Å². The average molecular weight is 193 g/mol. The third kappa shape index (κ3) is 2.20. The molecule has 1 aromatic heterocycles. The minimum absolute atomic E-state index is 0.380. The number of hydrazine groups is 1. The third-order valence-electron chi connectivity index (χ3n) is 1.92. The van der Waals surface area contributed by atoms with E-state index >= 15 is 0 Å². The van der Waals surface area contributed by atoms with E-state index in [-0.39, 0.29) is 0 Å². The maximum absolute atomic E-state index is 5.71. The van der Waals surface area contributed by atoms with Gasteiger partial charge in [-0.1, -0.05) is 13.8 Å². The lowest BCUT2D eigenvalue weighted by molar-refractivity contribution is 0.856. The largest absolute Gasteiger partial charge is 0.322 e. The maximum Gasteiger partial charge on any atom is 0.129 e. The Labute approximate surface area is 83.4 Å². The Morgan fingerprint density at radius 2 is 2.29 bits per heavy atom. The molecule has 0 atom stereocenters. The van der Waals surface area contributed by atoms with Gasteiger partial charge in [-0.15, -0.1) is 0 Å². The normalized spacial score (nSPS) is 11.1. The molecule has 0 bridgehead atoms. The van der Waals surface area contributed by atoms with Gasteiger partial charge in [-0.3, -0.25) is 9.99 Å². The fourth-order valence-corrected chi connectivity index (χ4v) is 1.23. The van der Waals surface area contributed by atoms with Gasteiger partial charge in [0.2, 0.25) is 0 Å². The maximum atomic E-state index is 5.71. The van der Waals surface area contributed by atoms with Crippen molar-refractivity contribution in [3.8, 4) is 0 Å². The Morgan fingerprint density at radius 3 is 2.86 bits per heavy atom. The minimum atomic E-state index is 0.380. The highest BCUT2D eigenvalue weighted by Crippen LogP contribution is 2.23. The van der Waals surface area contributed by atoms with E-state index in [1.165, 1.54) is 11.3 Å². The molecule has 1 aromatic rings. The summed E-state index contributed by atoms with van der Waals surface area (Å²) < 4.78 is 0. The Bertz CT molecular complexity index is 321. The molecule has 76 valence electrons. The molecule has 0 aromatic carbocycles. The molecule has 0 aliphatic carbocycles. The van der Waals surface area contributed by atoms with Crippen LogP contribution in [0.15, 0.2) is 23.6 Å². The van der Waals surface area contributed by atoms with Gasteiger partial charge in [-0.2, -0.15) is 5.10 Å². The van der Waals surface area contributed by atoms with Crippen molar-refractivity contribution in [3.05, 3.63) is 24.0 Å². The smallest absolute Gasteiger partial charge is 0.129 e. The molecule has 0 radical (unpaired) electrons. The van der Waals surface area contributed by atoms with Crippen LogP contribution in [0.3, 0.4) is 0 Å². The zero-order valence-electron chi connectivity index (χ0n) is 8.38. The standard InChI is InChI=1S/C9H15N5/c1-7(2)8-3-4-12-5-9(8)14(11)6-13-10/h3-7H,10-11H2,1-2H3/b13-6-. The van der Waals surface area contributed by atoms with Crippen molar-refractivity contribution in [1.29, 1.82) is 0 Å². The predicted molar refractivity (Wildman–Crippen MR) is 57.7 cm³/mol. The molecule has 0 aliphatic heterocycles. The molecule has 0 aliphatic rings. The van der Waals surface area contributed by atoms with Crippen molar-refractivity contribution in [2.75, 3.05) is 5.01 Å². The van der Waals surface area contributed by atoms with Gasteiger partial charge in [0.05, 0.1) is 11.9 Å². The van der Waals surface area contributed by atoms with Crippen LogP contribution in [-0.2, 0) is 0 Å². The molecule has 0 saturated carbocycles. The van der Waals surface area contributed by atoms with E-state index in [9.17, 15) is 0 Å². The summed E-state index contributed by atoms with van der Waals surface area (Å²) >= 11 is 0. The first kappa shape index (κ1) is 10.5. The summed E-state index contributed by atoms with van der Waals surface area (Å²) in [5, 5.41) is 4.72. The first-order valence-corrected chi connectivity index (χ1v) is 4.38. The summed E-state index contributed by atoms with van der Waals surface area (Å²) in [5.74, 6) is 11.1. The van der Waals surface area contributed by atoms with Crippen molar-refractivity contribution in [2.45, 2.75) is 19.8 Å². The first-order chi connectivity index (χ1) is 6.66. The van der Waals surface area contributed by atoms with Crippen molar-refractivity contribution in [1.82, 2.24) is 4.98 Å². The van der Waals surface area contributed by atoms with Gasteiger partial charge in [0.15, 0.2) is 0 Å². The fourth-order valence-electron chi connectivity index (χ4n) is 1.23. The molecular weight excluding hydrogens is 178 g/mol. The van der Waals surface area contributed by atoms with Crippen LogP contribution in [0.5, 0.6) is 0 Å². The predicted octanol–water partition coefficient (Wildman–Crippen LogP) is 0.787. The number of hydrogen-bond donors (Lipinski definition) is 2. The summed E-state index contributed by atoms with van der Waals surface area (Å²) in [5.41, 5.74) is 1.93. The van der Waals surface area contributed by atoms with Gasteiger partial charge in [-0.25, -0.2) is 5.84 Å². The number of hydrazone groups is 1. The van der Waals surface area contributed by atoms with Crippen LogP contribution in [0.2, 0.25) is 0 Å². The highest BCUT2D eigenvalue weighted by Gasteiger charge is 2.09. The fraction of sp³-hybridized carbons (Fsp3) is 0.333. The number of aromatic nitrogens is 1. The molecule has 5 heteroatoms. The van der Waals surface area contributed by atoms with E-state index in [0.29, 0.717) is 5.92 Å². The number of nitrogens with two attached hydrogens (primary N) is 2.